The molecule has 4 nitrogen and oxygen atoms in total. The quantitative estimate of drug-likeness (QED) is 0.617. The zero-order chi connectivity index (χ0) is 13.7. The van der Waals surface area contributed by atoms with Crippen LogP contribution in [0, 0.1) is 24.7 Å². The van der Waals surface area contributed by atoms with Crippen LogP contribution in [-0.4, -0.2) is 11.9 Å². The summed E-state index contributed by atoms with van der Waals surface area (Å²) in [6, 6.07) is 2.26. The molecule has 0 N–H and O–H groups in total. The Morgan fingerprint density at radius 2 is 1.28 bits per heavy atom. The molecular formula is C14H8O4-2. The summed E-state index contributed by atoms with van der Waals surface area (Å²) in [7, 11) is 0. The lowest BCUT2D eigenvalue weighted by atomic mass is 9.92. The zero-order valence-electron chi connectivity index (χ0n) is 9.36. The maximum absolute atomic E-state index is 10.9. The zero-order valence-corrected chi connectivity index (χ0v) is 9.36. The van der Waals surface area contributed by atoms with E-state index in [1.807, 2.05) is 0 Å². The fourth-order valence-electron chi connectivity index (χ4n) is 1.68. The molecule has 0 heterocycles. The van der Waals surface area contributed by atoms with Crippen molar-refractivity contribution in [3.05, 3.63) is 34.4 Å². The minimum absolute atomic E-state index is 0.0402. The van der Waals surface area contributed by atoms with Gasteiger partial charge < -0.3 is 19.8 Å². The van der Waals surface area contributed by atoms with E-state index in [4.69, 9.17) is 12.8 Å². The van der Waals surface area contributed by atoms with E-state index in [0.29, 0.717) is 0 Å². The fraction of sp³-hybridized carbons (Fsp3) is 0.143. The Bertz CT molecular complexity index is 532. The van der Waals surface area contributed by atoms with Crippen molar-refractivity contribution >= 4 is 11.9 Å². The van der Waals surface area contributed by atoms with Gasteiger partial charge in [0.15, 0.2) is 0 Å². The number of terminal acetylenes is 2. The van der Waals surface area contributed by atoms with Crippen molar-refractivity contribution in [3.63, 3.8) is 0 Å². The van der Waals surface area contributed by atoms with Crippen LogP contribution in [0.2, 0.25) is 0 Å². The maximum Gasteiger partial charge on any atom is 0.0718 e. The molecule has 0 radical (unpaired) electrons. The average molecular weight is 240 g/mol. The summed E-state index contributed by atoms with van der Waals surface area (Å²) in [5.41, 5.74) is 0.0840. The Hall–Kier alpha value is -2.72. The van der Waals surface area contributed by atoms with Crippen LogP contribution in [0.3, 0.4) is 0 Å². The first-order chi connectivity index (χ1) is 8.52. The van der Waals surface area contributed by atoms with Crippen molar-refractivity contribution in [1.29, 1.82) is 0 Å². The van der Waals surface area contributed by atoms with E-state index in [1.54, 1.807) is 0 Å². The molecule has 0 aliphatic carbocycles. The molecule has 0 aromatic heterocycles. The van der Waals surface area contributed by atoms with E-state index < -0.39 is 11.9 Å². The van der Waals surface area contributed by atoms with Crippen LogP contribution in [-0.2, 0) is 12.8 Å². The highest BCUT2D eigenvalue weighted by atomic mass is 16.4. The molecule has 4 heteroatoms. The van der Waals surface area contributed by atoms with Gasteiger partial charge in [0.2, 0.25) is 0 Å². The second kappa shape index (κ2) is 5.56. The van der Waals surface area contributed by atoms with E-state index in [0.717, 1.165) is 12.1 Å². The minimum atomic E-state index is -1.43. The third-order valence-electron chi connectivity index (χ3n) is 2.43. The number of hydrogen-bond acceptors (Lipinski definition) is 4. The first-order valence-corrected chi connectivity index (χ1v) is 4.97. The topological polar surface area (TPSA) is 80.3 Å². The van der Waals surface area contributed by atoms with Gasteiger partial charge in [-0.3, -0.25) is 0 Å². The monoisotopic (exact) mass is 240 g/mol. The molecule has 90 valence electrons. The van der Waals surface area contributed by atoms with E-state index in [1.165, 1.54) is 0 Å². The molecule has 0 saturated carbocycles. The third-order valence-corrected chi connectivity index (χ3v) is 2.43. The lowest BCUT2D eigenvalue weighted by Gasteiger charge is -2.17. The molecule has 18 heavy (non-hydrogen) atoms. The Labute approximate surface area is 104 Å². The van der Waals surface area contributed by atoms with Gasteiger partial charge in [-0.1, -0.05) is 12.1 Å². The number of carboxylic acids is 2. The molecule has 0 bridgehead atoms. The molecular weight excluding hydrogens is 232 g/mol. The highest BCUT2D eigenvalue weighted by Gasteiger charge is 2.13. The number of carbonyl (C=O) groups excluding carboxylic acids is 2. The molecule has 0 amide bonds. The third kappa shape index (κ3) is 2.50. The van der Waals surface area contributed by atoms with Crippen LogP contribution < -0.4 is 10.2 Å². The molecule has 0 saturated heterocycles. The standard InChI is InChI=1S/C14H10O4/c1-3-5-9-10(6-4-2)12(14(17)18)8-7-11(9)13(15)16/h1-2,7-8H,5-6H2,(H,15,16)(H,17,18)/p-2. The van der Waals surface area contributed by atoms with E-state index in [-0.39, 0.29) is 35.1 Å². The largest absolute Gasteiger partial charge is 0.545 e. The summed E-state index contributed by atoms with van der Waals surface area (Å²) < 4.78 is 0. The van der Waals surface area contributed by atoms with E-state index in [2.05, 4.69) is 11.8 Å². The summed E-state index contributed by atoms with van der Waals surface area (Å²) in [5.74, 6) is 1.69. The van der Waals surface area contributed by atoms with Crippen molar-refractivity contribution < 1.29 is 19.8 Å². The molecule has 0 fully saturated rings. The molecule has 0 spiro atoms. The van der Waals surface area contributed by atoms with Gasteiger partial charge in [-0.05, 0) is 11.1 Å². The molecule has 1 aromatic rings. The second-order valence-corrected chi connectivity index (χ2v) is 3.45. The van der Waals surface area contributed by atoms with Gasteiger partial charge in [-0.15, -0.1) is 24.7 Å². The van der Waals surface area contributed by atoms with Crippen molar-refractivity contribution in [2.24, 2.45) is 0 Å². The molecule has 1 aromatic carbocycles. The number of aromatic carboxylic acids is 2. The van der Waals surface area contributed by atoms with Crippen LogP contribution in [0.4, 0.5) is 0 Å². The fourth-order valence-corrected chi connectivity index (χ4v) is 1.68. The lowest BCUT2D eigenvalue weighted by Crippen LogP contribution is -2.28. The number of carboxylic acid groups (broad SMARTS) is 2. The second-order valence-electron chi connectivity index (χ2n) is 3.45. The van der Waals surface area contributed by atoms with Gasteiger partial charge in [0, 0.05) is 24.0 Å². The number of hydrogen-bond donors (Lipinski definition) is 0. The Balaban J connectivity index is 3.60. The van der Waals surface area contributed by atoms with Crippen molar-refractivity contribution in [2.75, 3.05) is 0 Å². The predicted octanol–water partition coefficient (Wildman–Crippen LogP) is -1.24. The maximum atomic E-state index is 10.9. The number of rotatable bonds is 4. The Kier molecular flexibility index (Phi) is 4.12. The summed E-state index contributed by atoms with van der Waals surface area (Å²) in [6.45, 7) is 0. The summed E-state index contributed by atoms with van der Waals surface area (Å²) >= 11 is 0. The molecule has 0 atom stereocenters. The average Bonchev–Trinajstić information content (AvgIpc) is 2.30. The molecule has 0 aliphatic heterocycles. The van der Waals surface area contributed by atoms with Crippen LogP contribution >= 0.6 is 0 Å². The van der Waals surface area contributed by atoms with Crippen LogP contribution in [0.1, 0.15) is 31.8 Å². The highest BCUT2D eigenvalue weighted by Crippen LogP contribution is 2.20. The molecule has 0 aliphatic rings. The molecule has 1 rings (SSSR count). The first-order valence-electron chi connectivity index (χ1n) is 4.97. The first kappa shape index (κ1) is 13.3. The van der Waals surface area contributed by atoms with E-state index in [9.17, 15) is 19.8 Å². The van der Waals surface area contributed by atoms with Crippen molar-refractivity contribution in [1.82, 2.24) is 0 Å². The van der Waals surface area contributed by atoms with Gasteiger partial charge in [0.05, 0.1) is 11.9 Å². The Morgan fingerprint density at radius 1 is 0.944 bits per heavy atom. The van der Waals surface area contributed by atoms with Gasteiger partial charge >= 0.3 is 0 Å². The van der Waals surface area contributed by atoms with Crippen LogP contribution in [0.5, 0.6) is 0 Å². The van der Waals surface area contributed by atoms with Gasteiger partial charge in [-0.2, -0.15) is 0 Å². The number of benzene rings is 1. The van der Waals surface area contributed by atoms with E-state index >= 15 is 0 Å². The van der Waals surface area contributed by atoms with Crippen molar-refractivity contribution in [3.8, 4) is 24.7 Å². The lowest BCUT2D eigenvalue weighted by molar-refractivity contribution is -0.256. The Morgan fingerprint density at radius 3 is 1.50 bits per heavy atom. The van der Waals surface area contributed by atoms with Crippen LogP contribution in [0.25, 0.3) is 0 Å². The smallest absolute Gasteiger partial charge is 0.0718 e. The minimum Gasteiger partial charge on any atom is -0.545 e. The summed E-state index contributed by atoms with van der Waals surface area (Å²) in [4.78, 5) is 21.9. The van der Waals surface area contributed by atoms with Gasteiger partial charge in [0.25, 0.3) is 0 Å². The summed E-state index contributed by atoms with van der Waals surface area (Å²) in [6.07, 6.45) is 10.2. The van der Waals surface area contributed by atoms with Gasteiger partial charge in [-0.25, -0.2) is 0 Å². The number of carbonyl (C=O) groups is 2. The molecule has 0 unspecified atom stereocenters. The summed E-state index contributed by atoms with van der Waals surface area (Å²) in [5, 5.41) is 21.9. The van der Waals surface area contributed by atoms with Crippen molar-refractivity contribution in [2.45, 2.75) is 12.8 Å². The van der Waals surface area contributed by atoms with Crippen LogP contribution in [0.15, 0.2) is 12.1 Å². The highest BCUT2D eigenvalue weighted by molar-refractivity contribution is 5.93. The SMILES string of the molecule is C#CCc1c(C(=O)[O-])ccc(C(=O)[O-])c1CC#C. The predicted molar refractivity (Wildman–Crippen MR) is 60.2 cm³/mol. The van der Waals surface area contributed by atoms with Gasteiger partial charge in [0.1, 0.15) is 0 Å². The normalized spacial score (nSPS) is 9.22.